The Hall–Kier alpha value is -1.10. The van der Waals surface area contributed by atoms with Crippen molar-refractivity contribution >= 4 is 11.9 Å². The van der Waals surface area contributed by atoms with Gasteiger partial charge in [-0.15, -0.1) is 0 Å². The van der Waals surface area contributed by atoms with E-state index in [9.17, 15) is 9.59 Å². The lowest BCUT2D eigenvalue weighted by atomic mass is 9.97. The number of aliphatic hydroxyl groups excluding tert-OH is 1. The maximum Gasteiger partial charge on any atom is 0.308 e. The van der Waals surface area contributed by atoms with Gasteiger partial charge in [0.05, 0.1) is 12.0 Å². The van der Waals surface area contributed by atoms with Crippen molar-refractivity contribution in [2.45, 2.75) is 25.9 Å². The fraction of sp³-hybridized carbons (Fsp3) is 0.778. The van der Waals surface area contributed by atoms with Gasteiger partial charge in [0.2, 0.25) is 5.91 Å². The highest BCUT2D eigenvalue weighted by atomic mass is 16.4. The summed E-state index contributed by atoms with van der Waals surface area (Å²) in [6.45, 7) is 2.03. The molecule has 2 atom stereocenters. The molecule has 1 aliphatic heterocycles. The van der Waals surface area contributed by atoms with Gasteiger partial charge in [-0.2, -0.15) is 0 Å². The molecule has 0 aliphatic carbocycles. The fourth-order valence-corrected chi connectivity index (χ4v) is 1.61. The molecule has 0 bridgehead atoms. The van der Waals surface area contributed by atoms with Crippen molar-refractivity contribution in [3.63, 3.8) is 0 Å². The van der Waals surface area contributed by atoms with Gasteiger partial charge in [-0.25, -0.2) is 0 Å². The minimum absolute atomic E-state index is 0.0663. The summed E-state index contributed by atoms with van der Waals surface area (Å²) in [7, 11) is 0. The van der Waals surface area contributed by atoms with Crippen LogP contribution >= 0.6 is 0 Å². The quantitative estimate of drug-likeness (QED) is 0.656. The van der Waals surface area contributed by atoms with Gasteiger partial charge in [0, 0.05) is 19.5 Å². The van der Waals surface area contributed by atoms with Crippen molar-refractivity contribution in [3.8, 4) is 0 Å². The predicted molar refractivity (Wildman–Crippen MR) is 48.6 cm³/mol. The normalized spacial score (nSPS) is 24.9. The van der Waals surface area contributed by atoms with Crippen LogP contribution in [0.1, 0.15) is 19.8 Å². The maximum absolute atomic E-state index is 11.3. The zero-order valence-corrected chi connectivity index (χ0v) is 8.14. The molecule has 0 saturated carbocycles. The number of carboxylic acid groups (broad SMARTS) is 1. The average Bonchev–Trinajstić information content (AvgIpc) is 2.07. The molecule has 14 heavy (non-hydrogen) atoms. The number of hydrogen-bond acceptors (Lipinski definition) is 3. The van der Waals surface area contributed by atoms with Crippen LogP contribution in [-0.4, -0.2) is 46.2 Å². The Balaban J connectivity index is 2.55. The summed E-state index contributed by atoms with van der Waals surface area (Å²) in [6, 6.07) is 0. The number of carboxylic acids is 1. The first-order valence-corrected chi connectivity index (χ1v) is 4.69. The molecule has 1 aliphatic rings. The number of aliphatic hydroxyl groups is 1. The van der Waals surface area contributed by atoms with Gasteiger partial charge in [-0.1, -0.05) is 0 Å². The van der Waals surface area contributed by atoms with Crippen LogP contribution < -0.4 is 0 Å². The van der Waals surface area contributed by atoms with Crippen LogP contribution in [0.25, 0.3) is 0 Å². The SMILES string of the molecule is CC(O)CN1CC(C(=O)O)CCC1=O. The summed E-state index contributed by atoms with van der Waals surface area (Å²) >= 11 is 0. The van der Waals surface area contributed by atoms with Gasteiger partial charge in [0.1, 0.15) is 0 Å². The fourth-order valence-electron chi connectivity index (χ4n) is 1.61. The minimum atomic E-state index is -0.868. The molecular formula is C9H15NO4. The number of aliphatic carboxylic acids is 1. The number of carbonyl (C=O) groups is 2. The lowest BCUT2D eigenvalue weighted by Gasteiger charge is -2.31. The molecule has 1 heterocycles. The molecule has 0 spiro atoms. The van der Waals surface area contributed by atoms with Gasteiger partial charge < -0.3 is 15.1 Å². The third kappa shape index (κ3) is 2.70. The smallest absolute Gasteiger partial charge is 0.308 e. The number of rotatable bonds is 3. The Morgan fingerprint density at radius 1 is 1.71 bits per heavy atom. The van der Waals surface area contributed by atoms with Crippen molar-refractivity contribution < 1.29 is 19.8 Å². The van der Waals surface area contributed by atoms with Crippen molar-refractivity contribution in [1.82, 2.24) is 4.90 Å². The van der Waals surface area contributed by atoms with Gasteiger partial charge in [-0.3, -0.25) is 9.59 Å². The minimum Gasteiger partial charge on any atom is -0.481 e. The monoisotopic (exact) mass is 201 g/mol. The van der Waals surface area contributed by atoms with E-state index in [4.69, 9.17) is 10.2 Å². The molecule has 0 aromatic rings. The predicted octanol–water partition coefficient (Wildman–Crippen LogP) is -0.310. The number of likely N-dealkylation sites (tertiary alicyclic amines) is 1. The zero-order chi connectivity index (χ0) is 10.7. The molecule has 5 nitrogen and oxygen atoms in total. The summed E-state index contributed by atoms with van der Waals surface area (Å²) in [5.41, 5.74) is 0. The largest absolute Gasteiger partial charge is 0.481 e. The van der Waals surface area contributed by atoms with E-state index in [0.29, 0.717) is 6.42 Å². The topological polar surface area (TPSA) is 77.8 Å². The van der Waals surface area contributed by atoms with E-state index in [2.05, 4.69) is 0 Å². The lowest BCUT2D eigenvalue weighted by molar-refractivity contribution is -0.148. The van der Waals surface area contributed by atoms with E-state index < -0.39 is 18.0 Å². The molecule has 2 unspecified atom stereocenters. The summed E-state index contributed by atoms with van der Waals surface area (Å²) in [4.78, 5) is 23.4. The van der Waals surface area contributed by atoms with E-state index in [0.717, 1.165) is 0 Å². The Morgan fingerprint density at radius 3 is 2.86 bits per heavy atom. The van der Waals surface area contributed by atoms with Crippen molar-refractivity contribution in [1.29, 1.82) is 0 Å². The number of carbonyl (C=O) groups excluding carboxylic acids is 1. The first kappa shape index (κ1) is 11.0. The van der Waals surface area contributed by atoms with Crippen LogP contribution in [0.2, 0.25) is 0 Å². The van der Waals surface area contributed by atoms with Crippen molar-refractivity contribution in [2.24, 2.45) is 5.92 Å². The number of hydrogen-bond donors (Lipinski definition) is 2. The van der Waals surface area contributed by atoms with E-state index in [1.54, 1.807) is 6.92 Å². The number of nitrogens with zero attached hydrogens (tertiary/aromatic N) is 1. The van der Waals surface area contributed by atoms with Crippen LogP contribution in [0.4, 0.5) is 0 Å². The average molecular weight is 201 g/mol. The van der Waals surface area contributed by atoms with Gasteiger partial charge >= 0.3 is 5.97 Å². The molecule has 1 rings (SSSR count). The highest BCUT2D eigenvalue weighted by Gasteiger charge is 2.30. The summed E-state index contributed by atoms with van der Waals surface area (Å²) in [5.74, 6) is -1.41. The summed E-state index contributed by atoms with van der Waals surface area (Å²) in [5, 5.41) is 17.9. The molecule has 5 heteroatoms. The van der Waals surface area contributed by atoms with E-state index in [1.165, 1.54) is 4.90 Å². The van der Waals surface area contributed by atoms with Crippen molar-refractivity contribution in [2.75, 3.05) is 13.1 Å². The molecule has 1 amide bonds. The van der Waals surface area contributed by atoms with Crippen LogP contribution in [0.5, 0.6) is 0 Å². The Morgan fingerprint density at radius 2 is 2.36 bits per heavy atom. The highest BCUT2D eigenvalue weighted by molar-refractivity contribution is 5.80. The molecule has 80 valence electrons. The Bertz CT molecular complexity index is 239. The van der Waals surface area contributed by atoms with Gasteiger partial charge in [0.25, 0.3) is 0 Å². The maximum atomic E-state index is 11.3. The van der Waals surface area contributed by atoms with Crippen LogP contribution in [0.15, 0.2) is 0 Å². The lowest BCUT2D eigenvalue weighted by Crippen LogP contribution is -2.45. The number of amides is 1. The van der Waals surface area contributed by atoms with Gasteiger partial charge in [-0.05, 0) is 13.3 Å². The summed E-state index contributed by atoms with van der Waals surface area (Å²) < 4.78 is 0. The second-order valence-corrected chi connectivity index (χ2v) is 3.72. The van der Waals surface area contributed by atoms with Crippen molar-refractivity contribution in [3.05, 3.63) is 0 Å². The zero-order valence-electron chi connectivity index (χ0n) is 8.14. The van der Waals surface area contributed by atoms with E-state index in [-0.39, 0.29) is 25.4 Å². The van der Waals surface area contributed by atoms with Crippen LogP contribution in [-0.2, 0) is 9.59 Å². The molecule has 1 saturated heterocycles. The Kier molecular flexibility index (Phi) is 3.46. The molecule has 0 radical (unpaired) electrons. The third-order valence-corrected chi connectivity index (χ3v) is 2.33. The highest BCUT2D eigenvalue weighted by Crippen LogP contribution is 2.17. The second-order valence-electron chi connectivity index (χ2n) is 3.72. The number of piperidine rings is 1. The van der Waals surface area contributed by atoms with E-state index >= 15 is 0 Å². The van der Waals surface area contributed by atoms with Gasteiger partial charge in [0.15, 0.2) is 0 Å². The first-order valence-electron chi connectivity index (χ1n) is 4.69. The second kappa shape index (κ2) is 4.41. The summed E-state index contributed by atoms with van der Waals surface area (Å²) in [6.07, 6.45) is 0.0697. The standard InChI is InChI=1S/C9H15NO4/c1-6(11)4-10-5-7(9(13)14)2-3-8(10)12/h6-7,11H,2-5H2,1H3,(H,13,14). The third-order valence-electron chi connectivity index (χ3n) is 2.33. The van der Waals surface area contributed by atoms with E-state index in [1.807, 2.05) is 0 Å². The molecule has 1 fully saturated rings. The van der Waals surface area contributed by atoms with Crippen LogP contribution in [0, 0.1) is 5.92 Å². The Labute approximate surface area is 82.3 Å². The molecular weight excluding hydrogens is 186 g/mol. The van der Waals surface area contributed by atoms with Crippen LogP contribution in [0.3, 0.4) is 0 Å². The molecule has 0 aromatic heterocycles. The molecule has 2 N–H and O–H groups in total. The number of β-amino-alcohol motifs (C(OH)–C–C–N with tert-alkyl or cyclic N) is 1. The first-order chi connectivity index (χ1) is 6.50. The molecule has 0 aromatic carbocycles.